The van der Waals surface area contributed by atoms with Crippen LogP contribution in [-0.2, 0) is 4.74 Å². The van der Waals surface area contributed by atoms with Gasteiger partial charge in [-0.05, 0) is 50.2 Å². The van der Waals surface area contributed by atoms with E-state index in [1.165, 1.54) is 31.2 Å². The van der Waals surface area contributed by atoms with Crippen molar-refractivity contribution in [1.82, 2.24) is 4.90 Å². The average Bonchev–Trinajstić information content (AvgIpc) is 2.81. The van der Waals surface area contributed by atoms with Gasteiger partial charge < -0.3 is 26.1 Å². The van der Waals surface area contributed by atoms with Gasteiger partial charge in [0.15, 0.2) is 5.78 Å². The number of benzene rings is 2. The van der Waals surface area contributed by atoms with Gasteiger partial charge >= 0.3 is 24.8 Å². The van der Waals surface area contributed by atoms with E-state index in [-0.39, 0.29) is 42.9 Å². The van der Waals surface area contributed by atoms with E-state index in [9.17, 15) is 19.5 Å². The van der Waals surface area contributed by atoms with Gasteiger partial charge in [0.05, 0.1) is 25.5 Å². The summed E-state index contributed by atoms with van der Waals surface area (Å²) >= 11 is 0. The van der Waals surface area contributed by atoms with Crippen LogP contribution in [0.1, 0.15) is 46.3 Å². The molecule has 0 bridgehead atoms. The first kappa shape index (κ1) is 27.4. The Morgan fingerprint density at radius 3 is 2.38 bits per heavy atom. The summed E-state index contributed by atoms with van der Waals surface area (Å²) in [6, 6.07) is 9.02. The first-order valence-electron chi connectivity index (χ1n) is 10.8. The Balaban J connectivity index is 0.00000306. The molecule has 1 heterocycles. The summed E-state index contributed by atoms with van der Waals surface area (Å²) in [5, 5.41) is 12.3. The molecule has 0 aromatic heterocycles. The number of carbonyl (C=O) groups is 3. The molecule has 2 aromatic rings. The van der Waals surface area contributed by atoms with E-state index in [4.69, 9.17) is 14.2 Å². The zero-order chi connectivity index (χ0) is 23.8. The minimum absolute atomic E-state index is 0. The molecule has 1 aliphatic rings. The Kier molecular flexibility index (Phi) is 10.6. The third-order valence-corrected chi connectivity index (χ3v) is 5.18. The number of carbonyl (C=O) groups excluding carboxylic acids is 2. The van der Waals surface area contributed by atoms with Crippen molar-refractivity contribution in [2.24, 2.45) is 0 Å². The number of carboxylic acid groups (broad SMARTS) is 1. The molecule has 0 spiro atoms. The van der Waals surface area contributed by atoms with Crippen molar-refractivity contribution in [3.05, 3.63) is 53.1 Å². The van der Waals surface area contributed by atoms with Gasteiger partial charge in [-0.2, -0.15) is 0 Å². The largest absolute Gasteiger partial charge is 1.00 e. The summed E-state index contributed by atoms with van der Waals surface area (Å²) < 4.78 is 16.5. The third-order valence-electron chi connectivity index (χ3n) is 5.18. The number of carboxylic acids is 1. The van der Waals surface area contributed by atoms with E-state index in [1.807, 2.05) is 0 Å². The minimum Gasteiger partial charge on any atom is -1.00 e. The fourth-order valence-electron chi connectivity index (χ4n) is 3.40. The Labute approximate surface area is 212 Å². The minimum atomic E-state index is -1.19. The molecule has 0 radical (unpaired) electrons. The van der Waals surface area contributed by atoms with Crippen molar-refractivity contribution in [3.8, 4) is 11.5 Å². The normalized spacial score (nSPS) is 13.5. The van der Waals surface area contributed by atoms with E-state index in [2.05, 4.69) is 10.2 Å². The number of ether oxygens (including phenoxy) is 3. The zero-order valence-corrected chi connectivity index (χ0v) is 19.8. The number of aromatic carboxylic acids is 1. The average molecular weight is 464 g/mol. The second kappa shape index (κ2) is 13.2. The molecule has 0 atom stereocenters. The van der Waals surface area contributed by atoms with Crippen molar-refractivity contribution in [3.63, 3.8) is 0 Å². The van der Waals surface area contributed by atoms with Crippen LogP contribution in [0.15, 0.2) is 36.4 Å². The topological polar surface area (TPSA) is 114 Å². The maximum Gasteiger partial charge on any atom is 1.00 e. The van der Waals surface area contributed by atoms with E-state index in [0.29, 0.717) is 50.0 Å². The zero-order valence-electron chi connectivity index (χ0n) is 20.8. The first-order chi connectivity index (χ1) is 15.9. The van der Waals surface area contributed by atoms with Crippen LogP contribution in [0.25, 0.3) is 0 Å². The SMILES string of the molecule is CCOc1ccc(C(C)=O)cc1NC(=O)c1ccc(OCCN2CCOCC2)c(C(=O)O)c1.[H-].[Li+]. The number of nitrogens with one attached hydrogen (secondary N) is 1. The Morgan fingerprint density at radius 2 is 1.74 bits per heavy atom. The van der Waals surface area contributed by atoms with Gasteiger partial charge in [0.1, 0.15) is 23.7 Å². The van der Waals surface area contributed by atoms with Crippen molar-refractivity contribution >= 4 is 23.3 Å². The number of hydrogen-bond acceptors (Lipinski definition) is 7. The summed E-state index contributed by atoms with van der Waals surface area (Å²) in [7, 11) is 0. The number of morpholine rings is 1. The summed E-state index contributed by atoms with van der Waals surface area (Å²) in [6.07, 6.45) is 0. The van der Waals surface area contributed by atoms with Crippen LogP contribution in [0.2, 0.25) is 0 Å². The monoisotopic (exact) mass is 464 g/mol. The van der Waals surface area contributed by atoms with E-state index in [0.717, 1.165) is 13.1 Å². The number of rotatable bonds is 10. The summed E-state index contributed by atoms with van der Waals surface area (Å²) in [4.78, 5) is 38.5. The molecule has 34 heavy (non-hydrogen) atoms. The second-order valence-corrected chi connectivity index (χ2v) is 7.47. The van der Waals surface area contributed by atoms with Crippen molar-refractivity contribution in [2.45, 2.75) is 13.8 Å². The number of anilines is 1. The molecule has 178 valence electrons. The van der Waals surface area contributed by atoms with E-state index in [1.54, 1.807) is 19.1 Å². The van der Waals surface area contributed by atoms with Crippen LogP contribution in [-0.4, -0.2) is 73.7 Å². The van der Waals surface area contributed by atoms with Gasteiger partial charge in [-0.15, -0.1) is 0 Å². The smallest absolute Gasteiger partial charge is 1.00 e. The van der Waals surface area contributed by atoms with Gasteiger partial charge in [0.2, 0.25) is 0 Å². The first-order valence-corrected chi connectivity index (χ1v) is 10.8. The maximum atomic E-state index is 12.9. The van der Waals surface area contributed by atoms with E-state index < -0.39 is 11.9 Å². The standard InChI is InChI=1S/C24H28N2O7.Li.H/c1-3-32-22-7-4-17(16(2)27)15-20(22)25-23(28)18-5-6-21(19(14-18)24(29)30)33-13-10-26-8-11-31-12-9-26;;/h4-7,14-15H,3,8-13H2,1-2H3,(H,25,28)(H,29,30);;/q;+1;-1. The third kappa shape index (κ3) is 7.34. The van der Waals surface area contributed by atoms with Crippen LogP contribution >= 0.6 is 0 Å². The van der Waals surface area contributed by atoms with Gasteiger partial charge in [0.25, 0.3) is 5.91 Å². The number of Topliss-reactive ketones (excluding diaryl/α,β-unsaturated/α-hetero) is 1. The fourth-order valence-corrected chi connectivity index (χ4v) is 3.40. The van der Waals surface area contributed by atoms with Crippen LogP contribution < -0.4 is 33.7 Å². The van der Waals surface area contributed by atoms with Crippen LogP contribution in [0.3, 0.4) is 0 Å². The van der Waals surface area contributed by atoms with Gasteiger partial charge in [-0.3, -0.25) is 14.5 Å². The van der Waals surface area contributed by atoms with E-state index >= 15 is 0 Å². The van der Waals surface area contributed by atoms with Gasteiger partial charge in [0, 0.05) is 30.8 Å². The summed E-state index contributed by atoms with van der Waals surface area (Å²) in [6.45, 7) is 7.54. The molecule has 2 aromatic carbocycles. The molecule has 0 saturated carbocycles. The molecule has 1 fully saturated rings. The number of ketones is 1. The molecule has 2 N–H and O–H groups in total. The van der Waals surface area contributed by atoms with Crippen LogP contribution in [0, 0.1) is 0 Å². The molecule has 1 amide bonds. The van der Waals surface area contributed by atoms with Crippen LogP contribution in [0.5, 0.6) is 11.5 Å². The molecular weight excluding hydrogens is 435 g/mol. The molecule has 3 rings (SSSR count). The quantitative estimate of drug-likeness (QED) is 0.375. The Bertz CT molecular complexity index is 1030. The molecule has 0 aliphatic carbocycles. The Morgan fingerprint density at radius 1 is 1.06 bits per heavy atom. The van der Waals surface area contributed by atoms with Crippen LogP contribution in [0.4, 0.5) is 5.69 Å². The summed E-state index contributed by atoms with van der Waals surface area (Å²) in [5.74, 6) is -1.27. The molecule has 0 unspecified atom stereocenters. The maximum absolute atomic E-state index is 12.9. The fraction of sp³-hybridized carbons (Fsp3) is 0.375. The Hall–Kier alpha value is -2.83. The number of hydrogen-bond donors (Lipinski definition) is 2. The molecule has 1 saturated heterocycles. The van der Waals surface area contributed by atoms with Crippen molar-refractivity contribution in [1.29, 1.82) is 0 Å². The molecule has 9 nitrogen and oxygen atoms in total. The van der Waals surface area contributed by atoms with Crippen molar-refractivity contribution < 1.29 is 54.0 Å². The number of nitrogens with zero attached hydrogens (tertiary/aromatic N) is 1. The van der Waals surface area contributed by atoms with Gasteiger partial charge in [-0.25, -0.2) is 4.79 Å². The summed E-state index contributed by atoms with van der Waals surface area (Å²) in [5.41, 5.74) is 0.789. The van der Waals surface area contributed by atoms with Crippen molar-refractivity contribution in [2.75, 3.05) is 51.4 Å². The predicted molar refractivity (Wildman–Crippen MR) is 123 cm³/mol. The number of amides is 1. The molecular formula is C24H29LiN2O7. The predicted octanol–water partition coefficient (Wildman–Crippen LogP) is 0.0659. The second-order valence-electron chi connectivity index (χ2n) is 7.47. The van der Waals surface area contributed by atoms with Gasteiger partial charge in [-0.1, -0.05) is 0 Å². The molecule has 10 heteroatoms. The molecule has 1 aliphatic heterocycles.